The molecule has 1 aromatic heterocycles. The van der Waals surface area contributed by atoms with E-state index in [9.17, 15) is 18.0 Å². The number of alkyl halides is 3. The van der Waals surface area contributed by atoms with Gasteiger partial charge in [0.15, 0.2) is 11.6 Å². The highest BCUT2D eigenvalue weighted by Gasteiger charge is 2.45. The highest BCUT2D eigenvalue weighted by atomic mass is 19.4. The number of fused-ring (bicyclic) bond motifs is 2. The number of methoxy groups -OCH3 is 1. The molecule has 1 amide bonds. The van der Waals surface area contributed by atoms with E-state index in [1.807, 2.05) is 11.0 Å². The summed E-state index contributed by atoms with van der Waals surface area (Å²) in [4.78, 5) is 25.5. The number of halogens is 3. The second kappa shape index (κ2) is 9.57. The van der Waals surface area contributed by atoms with E-state index in [1.54, 1.807) is 29.7 Å². The van der Waals surface area contributed by atoms with Crippen LogP contribution < -0.4 is 15.0 Å². The van der Waals surface area contributed by atoms with Crippen molar-refractivity contribution < 1.29 is 28.0 Å². The number of allylic oxidation sites excluding steroid dienone is 1. The summed E-state index contributed by atoms with van der Waals surface area (Å²) < 4.78 is 45.7. The molecule has 3 N–H and O–H groups in total. The number of pyridine rings is 1. The fourth-order valence-electron chi connectivity index (χ4n) is 4.91. The average Bonchev–Trinajstić information content (AvgIpc) is 3.09. The van der Waals surface area contributed by atoms with Crippen molar-refractivity contribution in [2.24, 2.45) is 4.99 Å². The van der Waals surface area contributed by atoms with Gasteiger partial charge in [0.25, 0.3) is 5.91 Å². The van der Waals surface area contributed by atoms with Crippen LogP contribution in [-0.2, 0) is 11.0 Å². The number of likely N-dealkylation sites (tertiary alicyclic amines) is 1. The maximum absolute atomic E-state index is 13.5. The lowest BCUT2D eigenvalue weighted by molar-refractivity contribution is -0.556. The van der Waals surface area contributed by atoms with E-state index < -0.39 is 11.7 Å². The maximum Gasteiger partial charge on any atom is 0.420 e. The SMILES string of the molecule is C[NH2+]/C=C(\C(=N)C1=NC=CCC1)C(=O)N1CC2CCC(C1)N2c1nccc(C(F)(F)F)c1OC. The summed E-state index contributed by atoms with van der Waals surface area (Å²) >= 11 is 0. The fraction of sp³-hybridized carbons (Fsp3) is 0.478. The van der Waals surface area contributed by atoms with E-state index in [4.69, 9.17) is 10.1 Å². The lowest BCUT2D eigenvalue weighted by Gasteiger charge is -2.42. The molecule has 0 spiro atoms. The van der Waals surface area contributed by atoms with Gasteiger partial charge in [0.05, 0.1) is 25.6 Å². The second-order valence-electron chi connectivity index (χ2n) is 8.50. The molecule has 0 radical (unpaired) electrons. The van der Waals surface area contributed by atoms with Crippen molar-refractivity contribution in [3.63, 3.8) is 0 Å². The number of hydrogen-bond donors (Lipinski definition) is 2. The predicted octanol–water partition coefficient (Wildman–Crippen LogP) is 2.13. The van der Waals surface area contributed by atoms with Gasteiger partial charge in [0.2, 0.25) is 0 Å². The molecular formula is C23H28F3N6O2+. The first kappa shape index (κ1) is 23.9. The van der Waals surface area contributed by atoms with Gasteiger partial charge in [0.1, 0.15) is 17.3 Å². The average molecular weight is 478 g/mol. The number of ether oxygens (including phenoxy) is 1. The number of aromatic nitrogens is 1. The molecule has 4 heterocycles. The summed E-state index contributed by atoms with van der Waals surface area (Å²) in [5.41, 5.74) is 0.100. The standard InChI is InChI=1S/C23H27F3N6O2/c1-28-11-16(19(27)18-5-3-4-9-29-18)22(33)31-12-14-6-7-15(13-31)32(14)21-20(34-2)17(8-10-30-21)23(24,25)26/h4,8-11,14-15,27-28H,3,5-7,12-13H2,1-2H3/p+1/b16-11+,27-19?. The Morgan fingerprint density at radius 3 is 2.56 bits per heavy atom. The fourth-order valence-corrected chi connectivity index (χ4v) is 4.91. The van der Waals surface area contributed by atoms with Gasteiger partial charge in [0, 0.05) is 37.6 Å². The van der Waals surface area contributed by atoms with Crippen molar-refractivity contribution in [3.05, 3.63) is 41.9 Å². The summed E-state index contributed by atoms with van der Waals surface area (Å²) in [6, 6.07) is 0.532. The van der Waals surface area contributed by atoms with Crippen molar-refractivity contribution in [2.75, 3.05) is 32.1 Å². The highest BCUT2D eigenvalue weighted by Crippen LogP contribution is 2.44. The summed E-state index contributed by atoms with van der Waals surface area (Å²) in [5.74, 6) is -0.399. The van der Waals surface area contributed by atoms with Gasteiger partial charge >= 0.3 is 6.18 Å². The molecule has 2 unspecified atom stereocenters. The highest BCUT2D eigenvalue weighted by molar-refractivity contribution is 6.52. The lowest BCUT2D eigenvalue weighted by Crippen LogP contribution is -2.73. The molecule has 4 rings (SSSR count). The van der Waals surface area contributed by atoms with E-state index in [0.29, 0.717) is 25.2 Å². The number of nitrogens with one attached hydrogen (secondary N) is 1. The van der Waals surface area contributed by atoms with Gasteiger partial charge in [-0.25, -0.2) is 4.98 Å². The van der Waals surface area contributed by atoms with Crippen LogP contribution in [0.5, 0.6) is 5.75 Å². The Morgan fingerprint density at radius 1 is 1.29 bits per heavy atom. The predicted molar refractivity (Wildman–Crippen MR) is 121 cm³/mol. The molecule has 3 aliphatic rings. The normalized spacial score (nSPS) is 22.6. The molecule has 0 aliphatic carbocycles. The molecule has 2 saturated heterocycles. The Morgan fingerprint density at radius 2 is 2.00 bits per heavy atom. The van der Waals surface area contributed by atoms with E-state index >= 15 is 0 Å². The van der Waals surface area contributed by atoms with Crippen LogP contribution in [0, 0.1) is 5.41 Å². The second-order valence-corrected chi connectivity index (χ2v) is 8.50. The van der Waals surface area contributed by atoms with E-state index in [0.717, 1.165) is 31.5 Å². The van der Waals surface area contributed by atoms with Gasteiger partial charge in [-0.3, -0.25) is 15.2 Å². The summed E-state index contributed by atoms with van der Waals surface area (Å²) in [6.07, 6.45) is 4.62. The minimum atomic E-state index is -4.56. The summed E-state index contributed by atoms with van der Waals surface area (Å²) in [7, 11) is 3.00. The summed E-state index contributed by atoms with van der Waals surface area (Å²) in [5, 5.41) is 10.3. The molecular weight excluding hydrogens is 449 g/mol. The van der Waals surface area contributed by atoms with Crippen molar-refractivity contribution in [2.45, 2.75) is 43.9 Å². The Hall–Kier alpha value is -3.21. The minimum Gasteiger partial charge on any atom is -0.492 e. The van der Waals surface area contributed by atoms with Crippen LogP contribution in [0.25, 0.3) is 0 Å². The van der Waals surface area contributed by atoms with Crippen LogP contribution in [0.15, 0.2) is 41.3 Å². The number of nitrogens with zero attached hydrogens (tertiary/aromatic N) is 4. The first-order chi connectivity index (χ1) is 16.3. The van der Waals surface area contributed by atoms with Crippen molar-refractivity contribution in [3.8, 4) is 5.75 Å². The lowest BCUT2D eigenvalue weighted by atomic mass is 10.00. The number of quaternary nitrogens is 1. The van der Waals surface area contributed by atoms with Gasteiger partial charge in [-0.05, 0) is 31.7 Å². The Kier molecular flexibility index (Phi) is 6.74. The molecule has 182 valence electrons. The molecule has 11 heteroatoms. The minimum absolute atomic E-state index is 0.114. The van der Waals surface area contributed by atoms with Gasteiger partial charge < -0.3 is 19.9 Å². The van der Waals surface area contributed by atoms with Crippen LogP contribution in [-0.4, -0.2) is 66.5 Å². The van der Waals surface area contributed by atoms with Crippen LogP contribution in [0.1, 0.15) is 31.2 Å². The number of anilines is 1. The van der Waals surface area contributed by atoms with Gasteiger partial charge in [-0.15, -0.1) is 0 Å². The van der Waals surface area contributed by atoms with E-state index in [1.165, 1.54) is 7.11 Å². The number of aliphatic imine (C=N–C) groups is 1. The number of carbonyl (C=O) groups excluding carboxylic acids is 1. The number of rotatable bonds is 6. The first-order valence-corrected chi connectivity index (χ1v) is 11.2. The Balaban J connectivity index is 1.58. The van der Waals surface area contributed by atoms with E-state index in [2.05, 4.69) is 9.98 Å². The van der Waals surface area contributed by atoms with Crippen LogP contribution in [0.4, 0.5) is 19.0 Å². The molecule has 0 aromatic carbocycles. The number of hydrogen-bond acceptors (Lipinski definition) is 6. The zero-order chi connectivity index (χ0) is 24.5. The number of carbonyl (C=O) groups is 1. The van der Waals surface area contributed by atoms with Crippen molar-refractivity contribution in [1.29, 1.82) is 5.41 Å². The van der Waals surface area contributed by atoms with Crippen LogP contribution in [0.3, 0.4) is 0 Å². The third-order valence-corrected chi connectivity index (χ3v) is 6.41. The largest absolute Gasteiger partial charge is 0.492 e. The van der Waals surface area contributed by atoms with Gasteiger partial charge in [-0.2, -0.15) is 13.2 Å². The van der Waals surface area contributed by atoms with Crippen molar-refractivity contribution in [1.82, 2.24) is 9.88 Å². The molecule has 34 heavy (non-hydrogen) atoms. The molecule has 2 bridgehead atoms. The smallest absolute Gasteiger partial charge is 0.420 e. The molecule has 2 fully saturated rings. The van der Waals surface area contributed by atoms with E-state index in [-0.39, 0.29) is 40.8 Å². The third-order valence-electron chi connectivity index (χ3n) is 6.41. The summed E-state index contributed by atoms with van der Waals surface area (Å²) in [6.45, 7) is 0.661. The molecule has 8 nitrogen and oxygen atoms in total. The Labute approximate surface area is 195 Å². The Bertz CT molecular complexity index is 1050. The van der Waals surface area contributed by atoms with Crippen LogP contribution in [0.2, 0.25) is 0 Å². The first-order valence-electron chi connectivity index (χ1n) is 11.2. The molecule has 3 aliphatic heterocycles. The molecule has 2 atom stereocenters. The topological polar surface area (TPSA) is 98.5 Å². The zero-order valence-corrected chi connectivity index (χ0v) is 19.1. The maximum atomic E-state index is 13.5. The molecule has 0 saturated carbocycles. The number of nitrogens with two attached hydrogens (primary N) is 1. The quantitative estimate of drug-likeness (QED) is 0.485. The zero-order valence-electron chi connectivity index (χ0n) is 19.1. The number of amides is 1. The van der Waals surface area contributed by atoms with Crippen LogP contribution >= 0.6 is 0 Å². The molecule has 1 aromatic rings. The monoisotopic (exact) mass is 477 g/mol. The number of piperazine rings is 1. The van der Waals surface area contributed by atoms with Gasteiger partial charge in [-0.1, -0.05) is 6.08 Å². The van der Waals surface area contributed by atoms with Crippen molar-refractivity contribution >= 4 is 23.1 Å². The third kappa shape index (κ3) is 4.44.